The van der Waals surface area contributed by atoms with Crippen molar-refractivity contribution in [2.24, 2.45) is 5.41 Å². The molecule has 0 bridgehead atoms. The third-order valence-corrected chi connectivity index (χ3v) is 3.88. The van der Waals surface area contributed by atoms with Crippen molar-refractivity contribution in [3.8, 4) is 0 Å². The first-order chi connectivity index (χ1) is 7.46. The van der Waals surface area contributed by atoms with Gasteiger partial charge in [-0.3, -0.25) is 0 Å². The predicted octanol–water partition coefficient (Wildman–Crippen LogP) is 2.20. The summed E-state index contributed by atoms with van der Waals surface area (Å²) in [6.07, 6.45) is 0.781. The number of hydrogen-bond acceptors (Lipinski definition) is 2. The molecule has 0 saturated carbocycles. The lowest BCUT2D eigenvalue weighted by molar-refractivity contribution is -0.0944. The van der Waals surface area contributed by atoms with E-state index in [1.54, 1.807) is 0 Å². The molecule has 2 heteroatoms. The molecular weight excluding hydrogens is 198 g/mol. The first-order valence-corrected chi connectivity index (χ1v) is 5.96. The first-order valence-electron chi connectivity index (χ1n) is 5.96. The second kappa shape index (κ2) is 3.86. The van der Waals surface area contributed by atoms with E-state index in [0.29, 0.717) is 0 Å². The molecule has 1 aromatic rings. The lowest BCUT2D eigenvalue weighted by atomic mass is 9.67. The second-order valence-electron chi connectivity index (χ2n) is 5.54. The molecule has 16 heavy (non-hydrogen) atoms. The van der Waals surface area contributed by atoms with E-state index >= 15 is 0 Å². The minimum absolute atomic E-state index is 0.124. The summed E-state index contributed by atoms with van der Waals surface area (Å²) in [5.74, 6) is 0. The van der Waals surface area contributed by atoms with Gasteiger partial charge in [0, 0.05) is 12.0 Å². The molecular formula is C14H21NO. The summed E-state index contributed by atoms with van der Waals surface area (Å²) in [4.78, 5) is 0. The lowest BCUT2D eigenvalue weighted by Crippen LogP contribution is -2.53. The Hall–Kier alpha value is -0.860. The Morgan fingerprint density at radius 2 is 1.81 bits per heavy atom. The van der Waals surface area contributed by atoms with E-state index in [4.69, 9.17) is 0 Å². The normalized spacial score (nSPS) is 29.0. The highest BCUT2D eigenvalue weighted by atomic mass is 16.3. The molecule has 2 nitrogen and oxygen atoms in total. The third kappa shape index (κ3) is 1.76. The molecule has 0 aliphatic carbocycles. The van der Waals surface area contributed by atoms with Gasteiger partial charge in [0.15, 0.2) is 0 Å². The molecule has 1 saturated heterocycles. The van der Waals surface area contributed by atoms with Gasteiger partial charge in [0.05, 0.1) is 5.60 Å². The fourth-order valence-corrected chi connectivity index (χ4v) is 2.52. The van der Waals surface area contributed by atoms with Gasteiger partial charge < -0.3 is 10.4 Å². The van der Waals surface area contributed by atoms with Crippen LogP contribution in [0.2, 0.25) is 0 Å². The van der Waals surface area contributed by atoms with Gasteiger partial charge in [-0.25, -0.2) is 0 Å². The van der Waals surface area contributed by atoms with E-state index in [0.717, 1.165) is 25.1 Å². The Balaban J connectivity index is 2.39. The summed E-state index contributed by atoms with van der Waals surface area (Å²) >= 11 is 0. The molecule has 0 amide bonds. The smallest absolute Gasteiger partial charge is 0.0971 e. The summed E-state index contributed by atoms with van der Waals surface area (Å²) < 4.78 is 0. The van der Waals surface area contributed by atoms with Gasteiger partial charge in [0.25, 0.3) is 0 Å². The molecule has 1 aliphatic rings. The Bertz CT molecular complexity index is 369. The van der Waals surface area contributed by atoms with Crippen LogP contribution < -0.4 is 5.32 Å². The summed E-state index contributed by atoms with van der Waals surface area (Å²) in [5, 5.41) is 14.3. The molecule has 0 aromatic heterocycles. The SMILES string of the molecule is Cc1ccc(C2(O)CCNCC2(C)C)cc1. The van der Waals surface area contributed by atoms with Crippen molar-refractivity contribution in [2.45, 2.75) is 32.8 Å². The number of rotatable bonds is 1. The largest absolute Gasteiger partial charge is 0.385 e. The topological polar surface area (TPSA) is 32.3 Å². The summed E-state index contributed by atoms with van der Waals surface area (Å²) in [5.41, 5.74) is 1.45. The molecule has 0 spiro atoms. The average Bonchev–Trinajstić information content (AvgIpc) is 2.23. The van der Waals surface area contributed by atoms with Gasteiger partial charge in [0.2, 0.25) is 0 Å². The maximum absolute atomic E-state index is 10.9. The van der Waals surface area contributed by atoms with Crippen LogP contribution in [-0.4, -0.2) is 18.2 Å². The van der Waals surface area contributed by atoms with Crippen LogP contribution in [0.5, 0.6) is 0 Å². The Labute approximate surface area is 97.7 Å². The summed E-state index contributed by atoms with van der Waals surface area (Å²) in [7, 11) is 0. The Kier molecular flexibility index (Phi) is 2.81. The van der Waals surface area contributed by atoms with Crippen molar-refractivity contribution >= 4 is 0 Å². The fourth-order valence-electron chi connectivity index (χ4n) is 2.52. The molecule has 2 rings (SSSR count). The quantitative estimate of drug-likeness (QED) is 0.759. The molecule has 1 atom stereocenters. The van der Waals surface area contributed by atoms with Crippen LogP contribution in [-0.2, 0) is 5.60 Å². The zero-order chi connectivity index (χ0) is 11.8. The number of nitrogens with one attached hydrogen (secondary N) is 1. The molecule has 1 aliphatic heterocycles. The number of hydrogen-bond donors (Lipinski definition) is 2. The highest BCUT2D eigenvalue weighted by Crippen LogP contribution is 2.43. The van der Waals surface area contributed by atoms with Crippen molar-refractivity contribution in [1.82, 2.24) is 5.32 Å². The van der Waals surface area contributed by atoms with Gasteiger partial charge >= 0.3 is 0 Å². The van der Waals surface area contributed by atoms with Crippen LogP contribution in [0.3, 0.4) is 0 Å². The van der Waals surface area contributed by atoms with Crippen LogP contribution in [0.15, 0.2) is 24.3 Å². The average molecular weight is 219 g/mol. The minimum Gasteiger partial charge on any atom is -0.385 e. The number of aliphatic hydroxyl groups is 1. The molecule has 2 N–H and O–H groups in total. The predicted molar refractivity (Wildman–Crippen MR) is 66.3 cm³/mol. The monoisotopic (exact) mass is 219 g/mol. The zero-order valence-corrected chi connectivity index (χ0v) is 10.4. The lowest BCUT2D eigenvalue weighted by Gasteiger charge is -2.47. The van der Waals surface area contributed by atoms with Gasteiger partial charge in [0.1, 0.15) is 0 Å². The van der Waals surface area contributed by atoms with Crippen LogP contribution in [0.4, 0.5) is 0 Å². The van der Waals surface area contributed by atoms with Crippen molar-refractivity contribution in [3.05, 3.63) is 35.4 Å². The van der Waals surface area contributed by atoms with Crippen LogP contribution in [0.25, 0.3) is 0 Å². The maximum atomic E-state index is 10.9. The zero-order valence-electron chi connectivity index (χ0n) is 10.4. The van der Waals surface area contributed by atoms with E-state index < -0.39 is 5.60 Å². The highest BCUT2D eigenvalue weighted by Gasteiger charge is 2.46. The molecule has 1 aromatic carbocycles. The third-order valence-electron chi connectivity index (χ3n) is 3.88. The van der Waals surface area contributed by atoms with Gasteiger partial charge in [-0.15, -0.1) is 0 Å². The number of benzene rings is 1. The molecule has 1 fully saturated rings. The van der Waals surface area contributed by atoms with Crippen LogP contribution in [0.1, 0.15) is 31.4 Å². The van der Waals surface area contributed by atoms with E-state index in [1.807, 2.05) is 0 Å². The second-order valence-corrected chi connectivity index (χ2v) is 5.54. The molecule has 88 valence electrons. The van der Waals surface area contributed by atoms with Crippen molar-refractivity contribution in [1.29, 1.82) is 0 Å². The molecule has 0 radical (unpaired) electrons. The van der Waals surface area contributed by atoms with Gasteiger partial charge in [-0.2, -0.15) is 0 Å². The van der Waals surface area contributed by atoms with Crippen LogP contribution >= 0.6 is 0 Å². The highest BCUT2D eigenvalue weighted by molar-refractivity contribution is 5.29. The van der Waals surface area contributed by atoms with Gasteiger partial charge in [-0.05, 0) is 25.5 Å². The first kappa shape index (κ1) is 11.6. The summed E-state index contributed by atoms with van der Waals surface area (Å²) in [6, 6.07) is 8.27. The van der Waals surface area contributed by atoms with E-state index in [1.165, 1.54) is 5.56 Å². The van der Waals surface area contributed by atoms with Crippen LogP contribution in [0, 0.1) is 12.3 Å². The Morgan fingerprint density at radius 3 is 2.38 bits per heavy atom. The van der Waals surface area contributed by atoms with Crippen molar-refractivity contribution in [3.63, 3.8) is 0 Å². The number of aryl methyl sites for hydroxylation is 1. The molecule has 1 heterocycles. The maximum Gasteiger partial charge on any atom is 0.0971 e. The Morgan fingerprint density at radius 1 is 1.19 bits per heavy atom. The van der Waals surface area contributed by atoms with Crippen molar-refractivity contribution in [2.75, 3.05) is 13.1 Å². The van der Waals surface area contributed by atoms with Crippen molar-refractivity contribution < 1.29 is 5.11 Å². The van der Waals surface area contributed by atoms with E-state index in [-0.39, 0.29) is 5.41 Å². The fraction of sp³-hybridized carbons (Fsp3) is 0.571. The number of piperidine rings is 1. The molecule has 1 unspecified atom stereocenters. The van der Waals surface area contributed by atoms with Gasteiger partial charge in [-0.1, -0.05) is 43.7 Å². The van der Waals surface area contributed by atoms with E-state index in [2.05, 4.69) is 50.4 Å². The minimum atomic E-state index is -0.702. The standard InChI is InChI=1S/C14H21NO/c1-11-4-6-12(7-5-11)14(16)8-9-15-10-13(14,2)3/h4-7,15-16H,8-10H2,1-3H3. The summed E-state index contributed by atoms with van der Waals surface area (Å²) in [6.45, 7) is 8.06. The van der Waals surface area contributed by atoms with E-state index in [9.17, 15) is 5.11 Å².